The van der Waals surface area contributed by atoms with Crippen molar-refractivity contribution in [2.24, 2.45) is 0 Å². The molecule has 5 nitrogen and oxygen atoms in total. The smallest absolute Gasteiger partial charge is 0.236 e. The van der Waals surface area contributed by atoms with Gasteiger partial charge in [0, 0.05) is 4.90 Å². The van der Waals surface area contributed by atoms with E-state index in [1.165, 1.54) is 11.3 Å². The van der Waals surface area contributed by atoms with Gasteiger partial charge in [0.25, 0.3) is 0 Å². The van der Waals surface area contributed by atoms with Crippen LogP contribution in [0.1, 0.15) is 0 Å². The number of rotatable bonds is 5. The molecule has 122 valence electrons. The third kappa shape index (κ3) is 5.18. The van der Waals surface area contributed by atoms with Crippen LogP contribution in [0.2, 0.25) is 0 Å². The second-order valence-electron chi connectivity index (χ2n) is 4.16. The maximum atomic E-state index is 11.4. The van der Waals surface area contributed by atoms with Crippen molar-refractivity contribution in [3.05, 3.63) is 18.2 Å². The van der Waals surface area contributed by atoms with Crippen LogP contribution in [-0.2, 0) is 4.79 Å². The van der Waals surface area contributed by atoms with Gasteiger partial charge in [-0.2, -0.15) is 5.26 Å². The van der Waals surface area contributed by atoms with E-state index < -0.39 is 15.9 Å². The summed E-state index contributed by atoms with van der Waals surface area (Å²) in [6.07, 6.45) is -0.993. The quantitative estimate of drug-likeness (QED) is 0.320. The number of halogens is 4. The molecule has 0 saturated carbocycles. The summed E-state index contributed by atoms with van der Waals surface area (Å²) in [6.45, 7) is 0. The SMILES string of the molecule is N#CSc1ccc2nc(NC(NC(=O)CCl)C(Cl)(Cl)Cl)sc2c1. The van der Waals surface area contributed by atoms with E-state index in [4.69, 9.17) is 51.7 Å². The van der Waals surface area contributed by atoms with Gasteiger partial charge in [0.2, 0.25) is 9.70 Å². The highest BCUT2D eigenvalue weighted by Crippen LogP contribution is 2.34. The van der Waals surface area contributed by atoms with Crippen LogP contribution in [0.4, 0.5) is 5.13 Å². The van der Waals surface area contributed by atoms with E-state index in [2.05, 4.69) is 15.6 Å². The van der Waals surface area contributed by atoms with Gasteiger partial charge in [-0.3, -0.25) is 4.79 Å². The molecule has 0 bridgehead atoms. The standard InChI is InChI=1S/C12H8Cl4N4OS2/c13-4-9(21)19-10(12(14,15)16)20-11-18-7-2-1-6(22-5-17)3-8(7)23-11/h1-3,10H,4H2,(H,18,20)(H,19,21). The summed E-state index contributed by atoms with van der Waals surface area (Å²) in [5, 5.41) is 16.5. The number of hydrogen-bond acceptors (Lipinski definition) is 6. The van der Waals surface area contributed by atoms with Gasteiger partial charge in [-0.15, -0.1) is 11.6 Å². The van der Waals surface area contributed by atoms with E-state index in [9.17, 15) is 4.79 Å². The fraction of sp³-hybridized carbons (Fsp3) is 0.250. The summed E-state index contributed by atoms with van der Waals surface area (Å²) in [5.74, 6) is -0.739. The number of nitrogens with zero attached hydrogens (tertiary/aromatic N) is 2. The zero-order valence-electron chi connectivity index (χ0n) is 11.1. The number of alkyl halides is 4. The van der Waals surface area contributed by atoms with Gasteiger partial charge in [0.1, 0.15) is 17.4 Å². The first-order chi connectivity index (χ1) is 10.8. The number of nitrogens with one attached hydrogen (secondary N) is 2. The van der Waals surface area contributed by atoms with Crippen LogP contribution in [0.15, 0.2) is 23.1 Å². The molecule has 1 heterocycles. The molecule has 2 rings (SSSR count). The number of amides is 1. The van der Waals surface area contributed by atoms with E-state index in [0.717, 1.165) is 26.9 Å². The Balaban J connectivity index is 2.24. The maximum Gasteiger partial charge on any atom is 0.236 e. The molecule has 0 radical (unpaired) electrons. The Labute approximate surface area is 160 Å². The molecule has 23 heavy (non-hydrogen) atoms. The first-order valence-corrected chi connectivity index (χ1v) is 9.28. The minimum atomic E-state index is -1.79. The molecule has 1 unspecified atom stereocenters. The molecule has 1 amide bonds. The Morgan fingerprint density at radius 2 is 2.22 bits per heavy atom. The number of anilines is 1. The van der Waals surface area contributed by atoms with Crippen LogP contribution in [0, 0.1) is 10.7 Å². The molecule has 0 spiro atoms. The number of nitriles is 1. The van der Waals surface area contributed by atoms with E-state index in [-0.39, 0.29) is 5.88 Å². The minimum Gasteiger partial charge on any atom is -0.338 e. The molecule has 0 aliphatic rings. The summed E-state index contributed by atoms with van der Waals surface area (Å²) in [6, 6.07) is 5.42. The molecule has 0 fully saturated rings. The molecule has 2 aromatic rings. The molecule has 1 aromatic carbocycles. The topological polar surface area (TPSA) is 77.8 Å². The number of hydrogen-bond donors (Lipinski definition) is 2. The first-order valence-electron chi connectivity index (χ1n) is 5.98. The lowest BCUT2D eigenvalue weighted by atomic mass is 10.3. The van der Waals surface area contributed by atoms with Crippen molar-refractivity contribution in [1.29, 1.82) is 5.26 Å². The number of thiazole rings is 1. The molecular weight excluding hydrogens is 422 g/mol. The van der Waals surface area contributed by atoms with E-state index in [0.29, 0.717) is 5.13 Å². The van der Waals surface area contributed by atoms with Crippen molar-refractivity contribution >= 4 is 90.8 Å². The van der Waals surface area contributed by atoms with Gasteiger partial charge in [0.05, 0.1) is 10.2 Å². The first kappa shape index (κ1) is 18.7. The second kappa shape index (κ2) is 7.97. The van der Waals surface area contributed by atoms with Crippen LogP contribution in [0.5, 0.6) is 0 Å². The zero-order valence-corrected chi connectivity index (χ0v) is 15.8. The predicted molar refractivity (Wildman–Crippen MR) is 97.7 cm³/mol. The molecule has 0 saturated heterocycles. The fourth-order valence-corrected chi connectivity index (χ4v) is 3.44. The number of carbonyl (C=O) groups excluding carboxylic acids is 1. The maximum absolute atomic E-state index is 11.4. The molecule has 11 heteroatoms. The summed E-state index contributed by atoms with van der Waals surface area (Å²) in [4.78, 5) is 16.6. The Morgan fingerprint density at radius 3 is 2.83 bits per heavy atom. The van der Waals surface area contributed by atoms with Crippen LogP contribution >= 0.6 is 69.5 Å². The van der Waals surface area contributed by atoms with E-state index in [1.807, 2.05) is 11.5 Å². The summed E-state index contributed by atoms with van der Waals surface area (Å²) >= 11 is 25.4. The van der Waals surface area contributed by atoms with Crippen molar-refractivity contribution in [1.82, 2.24) is 10.3 Å². The molecule has 1 aromatic heterocycles. The largest absolute Gasteiger partial charge is 0.338 e. The van der Waals surface area contributed by atoms with E-state index >= 15 is 0 Å². The normalized spacial score (nSPS) is 12.7. The lowest BCUT2D eigenvalue weighted by Crippen LogP contribution is -2.49. The third-order valence-electron chi connectivity index (χ3n) is 2.55. The highest BCUT2D eigenvalue weighted by atomic mass is 35.6. The lowest BCUT2D eigenvalue weighted by Gasteiger charge is -2.25. The summed E-state index contributed by atoms with van der Waals surface area (Å²) < 4.78 is -0.930. The monoisotopic (exact) mass is 428 g/mol. The number of fused-ring (bicyclic) bond motifs is 1. The molecule has 0 aliphatic heterocycles. The van der Waals surface area contributed by atoms with Crippen molar-refractivity contribution in [3.8, 4) is 5.40 Å². The Bertz CT molecular complexity index is 756. The van der Waals surface area contributed by atoms with Crippen molar-refractivity contribution in [2.75, 3.05) is 11.2 Å². The van der Waals surface area contributed by atoms with E-state index in [1.54, 1.807) is 12.1 Å². The Hall–Kier alpha value is -0.620. The Morgan fingerprint density at radius 1 is 1.48 bits per heavy atom. The van der Waals surface area contributed by atoms with Crippen molar-refractivity contribution in [3.63, 3.8) is 0 Å². The highest BCUT2D eigenvalue weighted by Gasteiger charge is 2.34. The molecule has 2 N–H and O–H groups in total. The van der Waals surface area contributed by atoms with Crippen LogP contribution in [0.3, 0.4) is 0 Å². The average Bonchev–Trinajstić information content (AvgIpc) is 2.87. The minimum absolute atomic E-state index is 0.256. The molecule has 0 aliphatic carbocycles. The van der Waals surface area contributed by atoms with Gasteiger partial charge < -0.3 is 10.6 Å². The van der Waals surface area contributed by atoms with Crippen LogP contribution in [-0.4, -0.2) is 26.7 Å². The highest BCUT2D eigenvalue weighted by molar-refractivity contribution is 8.03. The van der Waals surface area contributed by atoms with Crippen molar-refractivity contribution < 1.29 is 4.79 Å². The molecular formula is C12H8Cl4N4OS2. The fourth-order valence-electron chi connectivity index (χ4n) is 1.61. The summed E-state index contributed by atoms with van der Waals surface area (Å²) in [7, 11) is 0. The van der Waals surface area contributed by atoms with Gasteiger partial charge in [-0.25, -0.2) is 4.98 Å². The average molecular weight is 430 g/mol. The van der Waals surface area contributed by atoms with Crippen LogP contribution < -0.4 is 10.6 Å². The second-order valence-corrected chi connectivity index (χ2v) is 8.69. The van der Waals surface area contributed by atoms with Gasteiger partial charge in [-0.1, -0.05) is 46.1 Å². The predicted octanol–water partition coefficient (Wildman–Crippen LogP) is 4.33. The summed E-state index contributed by atoms with van der Waals surface area (Å²) in [5.41, 5.74) is 0.728. The molecule has 1 atom stereocenters. The number of thiocyanates is 1. The van der Waals surface area contributed by atoms with Gasteiger partial charge in [0.15, 0.2) is 5.13 Å². The lowest BCUT2D eigenvalue weighted by molar-refractivity contribution is -0.119. The van der Waals surface area contributed by atoms with Gasteiger partial charge in [-0.05, 0) is 30.0 Å². The number of carbonyl (C=O) groups is 1. The van der Waals surface area contributed by atoms with Gasteiger partial charge >= 0.3 is 0 Å². The number of thioether (sulfide) groups is 1. The number of benzene rings is 1. The zero-order chi connectivity index (χ0) is 17.0. The Kier molecular flexibility index (Phi) is 6.48. The van der Waals surface area contributed by atoms with Crippen LogP contribution in [0.25, 0.3) is 10.2 Å². The van der Waals surface area contributed by atoms with Crippen molar-refractivity contribution in [2.45, 2.75) is 14.9 Å². The third-order valence-corrected chi connectivity index (χ3v) is 4.97. The number of aromatic nitrogens is 1.